The van der Waals surface area contributed by atoms with E-state index in [0.29, 0.717) is 12.1 Å². The number of piperidine rings is 1. The standard InChI is InChI=1S/C11H20N4/c1-9(2)15-7-6-13-11(15)14-10-4-3-5-12-8-10/h6-7,9-10,12H,3-5,8H2,1-2H3,(H,13,14). The second kappa shape index (κ2) is 4.66. The van der Waals surface area contributed by atoms with E-state index in [2.05, 4.69) is 34.0 Å². The Labute approximate surface area is 91.1 Å². The number of nitrogens with one attached hydrogen (secondary N) is 2. The Balaban J connectivity index is 1.99. The smallest absolute Gasteiger partial charge is 0.203 e. The van der Waals surface area contributed by atoms with Gasteiger partial charge in [-0.25, -0.2) is 4.98 Å². The van der Waals surface area contributed by atoms with E-state index >= 15 is 0 Å². The number of anilines is 1. The Morgan fingerprint density at radius 2 is 2.47 bits per heavy atom. The SMILES string of the molecule is CC(C)n1ccnc1NC1CCCNC1. The summed E-state index contributed by atoms with van der Waals surface area (Å²) in [6.07, 6.45) is 6.37. The number of hydrogen-bond donors (Lipinski definition) is 2. The van der Waals surface area contributed by atoms with Gasteiger partial charge in [-0.3, -0.25) is 0 Å². The maximum absolute atomic E-state index is 4.36. The number of aromatic nitrogens is 2. The average Bonchev–Trinajstić information content (AvgIpc) is 2.67. The van der Waals surface area contributed by atoms with Crippen LogP contribution in [-0.4, -0.2) is 28.7 Å². The Bertz CT molecular complexity index is 299. The van der Waals surface area contributed by atoms with Gasteiger partial charge in [-0.05, 0) is 33.2 Å². The normalized spacial score (nSPS) is 21.9. The van der Waals surface area contributed by atoms with Gasteiger partial charge in [-0.1, -0.05) is 0 Å². The van der Waals surface area contributed by atoms with Crippen LogP contribution >= 0.6 is 0 Å². The van der Waals surface area contributed by atoms with Gasteiger partial charge in [0.05, 0.1) is 0 Å². The van der Waals surface area contributed by atoms with Crippen LogP contribution in [0.4, 0.5) is 5.95 Å². The highest BCUT2D eigenvalue weighted by Gasteiger charge is 2.15. The van der Waals surface area contributed by atoms with E-state index in [4.69, 9.17) is 0 Å². The Kier molecular flexibility index (Phi) is 3.26. The molecule has 0 saturated carbocycles. The average molecular weight is 208 g/mol. The first kappa shape index (κ1) is 10.5. The predicted molar refractivity (Wildman–Crippen MR) is 62.1 cm³/mol. The van der Waals surface area contributed by atoms with Crippen LogP contribution < -0.4 is 10.6 Å². The van der Waals surface area contributed by atoms with Crippen molar-refractivity contribution in [2.24, 2.45) is 0 Å². The molecule has 4 nitrogen and oxygen atoms in total. The monoisotopic (exact) mass is 208 g/mol. The van der Waals surface area contributed by atoms with E-state index in [9.17, 15) is 0 Å². The Morgan fingerprint density at radius 3 is 3.13 bits per heavy atom. The second-order valence-corrected chi connectivity index (χ2v) is 4.44. The van der Waals surface area contributed by atoms with Crippen molar-refractivity contribution in [2.45, 2.75) is 38.8 Å². The fourth-order valence-electron chi connectivity index (χ4n) is 2.00. The molecule has 1 atom stereocenters. The topological polar surface area (TPSA) is 41.9 Å². The van der Waals surface area contributed by atoms with E-state index in [-0.39, 0.29) is 0 Å². The van der Waals surface area contributed by atoms with Crippen LogP contribution in [0.15, 0.2) is 12.4 Å². The van der Waals surface area contributed by atoms with Gasteiger partial charge in [0.15, 0.2) is 0 Å². The van der Waals surface area contributed by atoms with Gasteiger partial charge < -0.3 is 15.2 Å². The minimum atomic E-state index is 0.464. The van der Waals surface area contributed by atoms with Crippen molar-refractivity contribution in [3.05, 3.63) is 12.4 Å². The molecule has 0 aliphatic carbocycles. The first-order chi connectivity index (χ1) is 7.27. The van der Waals surface area contributed by atoms with E-state index in [1.165, 1.54) is 12.8 Å². The number of hydrogen-bond acceptors (Lipinski definition) is 3. The van der Waals surface area contributed by atoms with Crippen LogP contribution in [-0.2, 0) is 0 Å². The van der Waals surface area contributed by atoms with Gasteiger partial charge in [0.25, 0.3) is 0 Å². The third-order valence-corrected chi connectivity index (χ3v) is 2.86. The van der Waals surface area contributed by atoms with Crippen LogP contribution in [0.2, 0.25) is 0 Å². The summed E-state index contributed by atoms with van der Waals surface area (Å²) in [5, 5.41) is 6.90. The fourth-order valence-corrected chi connectivity index (χ4v) is 2.00. The third kappa shape index (κ3) is 2.50. The molecule has 1 fully saturated rings. The molecule has 1 unspecified atom stereocenters. The highest BCUT2D eigenvalue weighted by Crippen LogP contribution is 2.15. The maximum atomic E-state index is 4.36. The highest BCUT2D eigenvalue weighted by molar-refractivity contribution is 5.28. The van der Waals surface area contributed by atoms with E-state index in [0.717, 1.165) is 19.0 Å². The van der Waals surface area contributed by atoms with Gasteiger partial charge in [-0.15, -0.1) is 0 Å². The fraction of sp³-hybridized carbons (Fsp3) is 0.727. The van der Waals surface area contributed by atoms with Crippen LogP contribution in [0.3, 0.4) is 0 Å². The van der Waals surface area contributed by atoms with Crippen molar-refractivity contribution >= 4 is 5.95 Å². The number of imidazole rings is 1. The summed E-state index contributed by atoms with van der Waals surface area (Å²) >= 11 is 0. The van der Waals surface area contributed by atoms with Gasteiger partial charge in [0.2, 0.25) is 5.95 Å². The van der Waals surface area contributed by atoms with Gasteiger partial charge >= 0.3 is 0 Å². The molecular formula is C11H20N4. The van der Waals surface area contributed by atoms with Crippen molar-refractivity contribution in [3.8, 4) is 0 Å². The molecule has 1 aromatic heterocycles. The molecule has 15 heavy (non-hydrogen) atoms. The third-order valence-electron chi connectivity index (χ3n) is 2.86. The molecule has 0 aromatic carbocycles. The minimum Gasteiger partial charge on any atom is -0.352 e. The van der Waals surface area contributed by atoms with Crippen LogP contribution in [0.5, 0.6) is 0 Å². The zero-order chi connectivity index (χ0) is 10.7. The summed E-state index contributed by atoms with van der Waals surface area (Å²) in [5.41, 5.74) is 0. The lowest BCUT2D eigenvalue weighted by molar-refractivity contribution is 0.473. The summed E-state index contributed by atoms with van der Waals surface area (Å²) < 4.78 is 2.18. The molecule has 2 heterocycles. The summed E-state index contributed by atoms with van der Waals surface area (Å²) in [6.45, 7) is 6.54. The first-order valence-electron chi connectivity index (χ1n) is 5.77. The van der Waals surface area contributed by atoms with Gasteiger partial charge in [0, 0.05) is 31.0 Å². The zero-order valence-corrected chi connectivity index (χ0v) is 9.53. The van der Waals surface area contributed by atoms with Gasteiger partial charge in [0.1, 0.15) is 0 Å². The van der Waals surface area contributed by atoms with Gasteiger partial charge in [-0.2, -0.15) is 0 Å². The molecular weight excluding hydrogens is 188 g/mol. The maximum Gasteiger partial charge on any atom is 0.203 e. The van der Waals surface area contributed by atoms with Crippen molar-refractivity contribution < 1.29 is 0 Å². The molecule has 0 amide bonds. The number of rotatable bonds is 3. The number of nitrogens with zero attached hydrogens (tertiary/aromatic N) is 2. The van der Waals surface area contributed by atoms with Crippen molar-refractivity contribution in [2.75, 3.05) is 18.4 Å². The largest absolute Gasteiger partial charge is 0.352 e. The molecule has 84 valence electrons. The zero-order valence-electron chi connectivity index (χ0n) is 9.53. The lowest BCUT2D eigenvalue weighted by Gasteiger charge is -2.25. The van der Waals surface area contributed by atoms with Crippen molar-refractivity contribution in [1.82, 2.24) is 14.9 Å². The Hall–Kier alpha value is -1.03. The molecule has 1 saturated heterocycles. The lowest BCUT2D eigenvalue weighted by atomic mass is 10.1. The molecule has 1 aliphatic rings. The molecule has 2 rings (SSSR count). The second-order valence-electron chi connectivity index (χ2n) is 4.44. The van der Waals surface area contributed by atoms with Crippen LogP contribution in [0.25, 0.3) is 0 Å². The summed E-state index contributed by atoms with van der Waals surface area (Å²) in [4.78, 5) is 4.36. The molecule has 0 spiro atoms. The molecule has 1 aromatic rings. The minimum absolute atomic E-state index is 0.464. The van der Waals surface area contributed by atoms with Crippen molar-refractivity contribution in [3.63, 3.8) is 0 Å². The molecule has 0 bridgehead atoms. The summed E-state index contributed by atoms with van der Waals surface area (Å²) in [5.74, 6) is 0.999. The first-order valence-corrected chi connectivity index (χ1v) is 5.77. The quantitative estimate of drug-likeness (QED) is 0.793. The Morgan fingerprint density at radius 1 is 1.60 bits per heavy atom. The lowest BCUT2D eigenvalue weighted by Crippen LogP contribution is -2.39. The molecule has 4 heteroatoms. The molecule has 2 N–H and O–H groups in total. The summed E-state index contributed by atoms with van der Waals surface area (Å²) in [7, 11) is 0. The molecule has 1 aliphatic heterocycles. The van der Waals surface area contributed by atoms with Crippen LogP contribution in [0.1, 0.15) is 32.7 Å². The van der Waals surface area contributed by atoms with Crippen molar-refractivity contribution in [1.29, 1.82) is 0 Å². The van der Waals surface area contributed by atoms with E-state index < -0.39 is 0 Å². The molecule has 0 radical (unpaired) electrons. The van der Waals surface area contributed by atoms with E-state index in [1.54, 1.807) is 0 Å². The highest BCUT2D eigenvalue weighted by atomic mass is 15.2. The predicted octanol–water partition coefficient (Wildman–Crippen LogP) is 1.63. The van der Waals surface area contributed by atoms with E-state index in [1.807, 2.05) is 12.4 Å². The summed E-state index contributed by atoms with van der Waals surface area (Å²) in [6, 6.07) is 0.991. The van der Waals surface area contributed by atoms with Crippen LogP contribution in [0, 0.1) is 0 Å².